The molecule has 0 aromatic carbocycles. The molecular weight excluding hydrogens is 296 g/mol. The van der Waals surface area contributed by atoms with Gasteiger partial charge in [-0.15, -0.1) is 0 Å². The van der Waals surface area contributed by atoms with Crippen LogP contribution in [0.25, 0.3) is 0 Å². The Morgan fingerprint density at radius 3 is 2.57 bits per heavy atom. The highest BCUT2D eigenvalue weighted by Gasteiger charge is 2.35. The molecule has 0 radical (unpaired) electrons. The second kappa shape index (κ2) is 6.32. The quantitative estimate of drug-likeness (QED) is 0.742. The van der Waals surface area contributed by atoms with Gasteiger partial charge in [0.05, 0.1) is 31.7 Å². The fourth-order valence-corrected chi connectivity index (χ4v) is 4.00. The maximum atomic E-state index is 12.6. The van der Waals surface area contributed by atoms with Gasteiger partial charge in [-0.05, 0) is 0 Å². The molecule has 1 aromatic heterocycles. The van der Waals surface area contributed by atoms with Crippen molar-refractivity contribution in [1.82, 2.24) is 18.6 Å². The first-order valence-electron chi connectivity index (χ1n) is 6.88. The molecule has 8 nitrogen and oxygen atoms in total. The highest BCUT2D eigenvalue weighted by Crippen LogP contribution is 2.23. The summed E-state index contributed by atoms with van der Waals surface area (Å²) < 4.78 is 39.0. The third-order valence-corrected chi connectivity index (χ3v) is 5.57. The van der Waals surface area contributed by atoms with E-state index in [1.54, 1.807) is 18.6 Å². The van der Waals surface area contributed by atoms with Crippen LogP contribution in [-0.2, 0) is 19.7 Å². The summed E-state index contributed by atoms with van der Waals surface area (Å²) in [5, 5.41) is 0. The molecule has 3 rings (SSSR count). The summed E-state index contributed by atoms with van der Waals surface area (Å²) in [4.78, 5) is 8.19. The number of hydrogen-bond donors (Lipinski definition) is 0. The van der Waals surface area contributed by atoms with Crippen LogP contribution in [0.4, 0.5) is 0 Å². The van der Waals surface area contributed by atoms with E-state index in [-0.39, 0.29) is 12.6 Å². The second-order valence-electron chi connectivity index (χ2n) is 4.87. The minimum atomic E-state index is -3.47. The molecular formula is C12H18N4O4S. The molecule has 2 aliphatic rings. The topological polar surface area (TPSA) is 84.9 Å². The van der Waals surface area contributed by atoms with Gasteiger partial charge in [0.25, 0.3) is 10.2 Å². The zero-order valence-electron chi connectivity index (χ0n) is 11.6. The third kappa shape index (κ3) is 3.22. The molecule has 1 aromatic rings. The molecule has 0 spiro atoms. The Morgan fingerprint density at radius 2 is 1.86 bits per heavy atom. The number of nitrogens with zero attached hydrogens (tertiary/aromatic N) is 4. The summed E-state index contributed by atoms with van der Waals surface area (Å²) in [6.07, 6.45) is 4.39. The predicted octanol–water partition coefficient (Wildman–Crippen LogP) is -0.573. The van der Waals surface area contributed by atoms with Crippen molar-refractivity contribution in [2.24, 2.45) is 0 Å². The van der Waals surface area contributed by atoms with Crippen LogP contribution in [-0.4, -0.2) is 73.0 Å². The molecule has 1 unspecified atom stereocenters. The molecule has 0 aliphatic carbocycles. The Bertz CT molecular complexity index is 562. The number of rotatable bonds is 3. The Balaban J connectivity index is 1.73. The van der Waals surface area contributed by atoms with E-state index in [1.807, 2.05) is 0 Å². The van der Waals surface area contributed by atoms with Crippen molar-refractivity contribution < 1.29 is 17.9 Å². The van der Waals surface area contributed by atoms with Gasteiger partial charge >= 0.3 is 0 Å². The van der Waals surface area contributed by atoms with Gasteiger partial charge in [0.2, 0.25) is 0 Å². The van der Waals surface area contributed by atoms with Crippen LogP contribution in [0.5, 0.6) is 0 Å². The number of morpholine rings is 2. The minimum Gasteiger partial charge on any atom is -0.379 e. The molecule has 0 saturated carbocycles. The smallest absolute Gasteiger partial charge is 0.282 e. The lowest BCUT2D eigenvalue weighted by Gasteiger charge is -2.36. The average molecular weight is 314 g/mol. The third-order valence-electron chi connectivity index (χ3n) is 3.56. The van der Waals surface area contributed by atoms with Gasteiger partial charge in [-0.3, -0.25) is 9.97 Å². The maximum Gasteiger partial charge on any atom is 0.282 e. The molecule has 3 heterocycles. The van der Waals surface area contributed by atoms with Crippen LogP contribution in [0.15, 0.2) is 18.6 Å². The molecule has 2 saturated heterocycles. The van der Waals surface area contributed by atoms with Crippen LogP contribution in [0.1, 0.15) is 11.8 Å². The standard InChI is InChI=1S/C12H18N4O4S/c17-21(18,15-3-6-19-7-4-15)16-5-8-20-12(10-16)11-9-13-1-2-14-11/h1-2,9,12H,3-8,10H2. The van der Waals surface area contributed by atoms with Crippen LogP contribution in [0.3, 0.4) is 0 Å². The average Bonchev–Trinajstić information content (AvgIpc) is 2.57. The van der Waals surface area contributed by atoms with Crippen molar-refractivity contribution in [1.29, 1.82) is 0 Å². The zero-order chi connectivity index (χ0) is 14.7. The first-order chi connectivity index (χ1) is 10.2. The van der Waals surface area contributed by atoms with Crippen molar-refractivity contribution in [3.8, 4) is 0 Å². The molecule has 2 aliphatic heterocycles. The summed E-state index contributed by atoms with van der Waals surface area (Å²) in [6, 6.07) is 0. The lowest BCUT2D eigenvalue weighted by Crippen LogP contribution is -2.52. The predicted molar refractivity (Wildman–Crippen MR) is 73.6 cm³/mol. The van der Waals surface area contributed by atoms with E-state index in [9.17, 15) is 8.42 Å². The van der Waals surface area contributed by atoms with Crippen LogP contribution in [0.2, 0.25) is 0 Å². The van der Waals surface area contributed by atoms with E-state index in [1.165, 1.54) is 8.61 Å². The van der Waals surface area contributed by atoms with Gasteiger partial charge in [-0.2, -0.15) is 17.0 Å². The summed E-state index contributed by atoms with van der Waals surface area (Å²) in [7, 11) is -3.47. The Labute approximate surface area is 123 Å². The fraction of sp³-hybridized carbons (Fsp3) is 0.667. The maximum absolute atomic E-state index is 12.6. The second-order valence-corrected chi connectivity index (χ2v) is 6.80. The number of hydrogen-bond acceptors (Lipinski definition) is 6. The molecule has 21 heavy (non-hydrogen) atoms. The van der Waals surface area contributed by atoms with Crippen molar-refractivity contribution in [2.75, 3.05) is 46.0 Å². The fourth-order valence-electron chi connectivity index (χ4n) is 2.43. The Morgan fingerprint density at radius 1 is 1.10 bits per heavy atom. The van der Waals surface area contributed by atoms with Gasteiger partial charge in [-0.1, -0.05) is 0 Å². The number of ether oxygens (including phenoxy) is 2. The Kier molecular flexibility index (Phi) is 4.45. The van der Waals surface area contributed by atoms with Crippen molar-refractivity contribution >= 4 is 10.2 Å². The highest BCUT2D eigenvalue weighted by molar-refractivity contribution is 7.86. The van der Waals surface area contributed by atoms with E-state index in [0.29, 0.717) is 45.1 Å². The van der Waals surface area contributed by atoms with E-state index < -0.39 is 10.2 Å². The lowest BCUT2D eigenvalue weighted by molar-refractivity contribution is -0.00864. The summed E-state index contributed by atoms with van der Waals surface area (Å²) in [5.41, 5.74) is 0.652. The van der Waals surface area contributed by atoms with E-state index in [2.05, 4.69) is 9.97 Å². The molecule has 2 fully saturated rings. The number of aromatic nitrogens is 2. The largest absolute Gasteiger partial charge is 0.379 e. The summed E-state index contributed by atoms with van der Waals surface area (Å²) >= 11 is 0. The molecule has 116 valence electrons. The lowest BCUT2D eigenvalue weighted by atomic mass is 10.2. The highest BCUT2D eigenvalue weighted by atomic mass is 32.2. The molecule has 0 N–H and O–H groups in total. The zero-order valence-corrected chi connectivity index (χ0v) is 12.4. The van der Waals surface area contributed by atoms with E-state index in [0.717, 1.165) is 0 Å². The summed E-state index contributed by atoms with van der Waals surface area (Å²) in [6.45, 7) is 2.65. The van der Waals surface area contributed by atoms with Crippen LogP contribution < -0.4 is 0 Å². The van der Waals surface area contributed by atoms with Crippen LogP contribution >= 0.6 is 0 Å². The van der Waals surface area contributed by atoms with Gasteiger partial charge in [-0.25, -0.2) is 0 Å². The van der Waals surface area contributed by atoms with Gasteiger partial charge in [0.1, 0.15) is 6.10 Å². The van der Waals surface area contributed by atoms with Crippen molar-refractivity contribution in [3.05, 3.63) is 24.3 Å². The normalized spacial score (nSPS) is 25.8. The van der Waals surface area contributed by atoms with Gasteiger partial charge in [0.15, 0.2) is 0 Å². The molecule has 0 amide bonds. The molecule has 0 bridgehead atoms. The first-order valence-corrected chi connectivity index (χ1v) is 8.28. The van der Waals surface area contributed by atoms with Crippen molar-refractivity contribution in [2.45, 2.75) is 6.10 Å². The van der Waals surface area contributed by atoms with E-state index in [4.69, 9.17) is 9.47 Å². The first kappa shape index (κ1) is 14.8. The minimum absolute atomic E-state index is 0.262. The summed E-state index contributed by atoms with van der Waals surface area (Å²) in [5.74, 6) is 0. The van der Waals surface area contributed by atoms with Crippen LogP contribution in [0, 0.1) is 0 Å². The monoisotopic (exact) mass is 314 g/mol. The molecule has 1 atom stereocenters. The SMILES string of the molecule is O=S(=O)(N1CCOCC1)N1CCOC(c2cnccn2)C1. The van der Waals surface area contributed by atoms with Crippen molar-refractivity contribution in [3.63, 3.8) is 0 Å². The Hall–Kier alpha value is -1.13. The molecule has 9 heteroatoms. The van der Waals surface area contributed by atoms with Gasteiger partial charge < -0.3 is 9.47 Å². The van der Waals surface area contributed by atoms with E-state index >= 15 is 0 Å². The van der Waals surface area contributed by atoms with Gasteiger partial charge in [0, 0.05) is 38.6 Å².